The first-order valence-corrected chi connectivity index (χ1v) is 9.40. The van der Waals surface area contributed by atoms with Gasteiger partial charge in [-0.05, 0) is 53.1 Å². The van der Waals surface area contributed by atoms with Gasteiger partial charge >= 0.3 is 0 Å². The molecule has 0 saturated carbocycles. The Morgan fingerprint density at radius 1 is 0.621 bits per heavy atom. The molecule has 0 aliphatic rings. The minimum absolute atomic E-state index is 0.919. The van der Waals surface area contributed by atoms with E-state index < -0.39 is 0 Å². The molecule has 0 atom stereocenters. The number of rotatable bonds is 5. The Balaban J connectivity index is 1.43. The van der Waals surface area contributed by atoms with E-state index in [-0.39, 0.29) is 0 Å². The van der Waals surface area contributed by atoms with E-state index in [0.717, 1.165) is 33.6 Å². The van der Waals surface area contributed by atoms with Gasteiger partial charge in [-0.2, -0.15) is 0 Å². The van der Waals surface area contributed by atoms with E-state index in [1.54, 1.807) is 12.4 Å². The molecule has 0 saturated heterocycles. The Morgan fingerprint density at radius 2 is 1.07 bits per heavy atom. The first-order valence-electron chi connectivity index (χ1n) is 9.40. The van der Waals surface area contributed by atoms with Crippen LogP contribution in [0.3, 0.4) is 0 Å². The second kappa shape index (κ2) is 8.85. The SMILES string of the molecule is C[n+]1ccc(C=Nc2ccc(-c3ccc(N=Cc4ccncc4)cc3)cc2)cc1. The normalized spacial score (nSPS) is 11.3. The number of aromatic nitrogens is 2. The smallest absolute Gasteiger partial charge is 0.169 e. The van der Waals surface area contributed by atoms with Crippen LogP contribution in [0.25, 0.3) is 11.1 Å². The van der Waals surface area contributed by atoms with Crippen LogP contribution in [0, 0.1) is 0 Å². The summed E-state index contributed by atoms with van der Waals surface area (Å²) in [6.07, 6.45) is 11.3. The van der Waals surface area contributed by atoms with Gasteiger partial charge in [0.25, 0.3) is 0 Å². The Morgan fingerprint density at radius 3 is 1.55 bits per heavy atom. The van der Waals surface area contributed by atoms with Crippen molar-refractivity contribution in [1.29, 1.82) is 0 Å². The summed E-state index contributed by atoms with van der Waals surface area (Å²) >= 11 is 0. The third kappa shape index (κ3) is 5.08. The predicted molar refractivity (Wildman–Crippen MR) is 118 cm³/mol. The van der Waals surface area contributed by atoms with Gasteiger partial charge in [-0.3, -0.25) is 15.0 Å². The van der Waals surface area contributed by atoms with Gasteiger partial charge in [-0.1, -0.05) is 24.3 Å². The van der Waals surface area contributed by atoms with Crippen molar-refractivity contribution in [3.8, 4) is 11.1 Å². The molecule has 0 radical (unpaired) electrons. The summed E-state index contributed by atoms with van der Waals surface area (Å²) in [7, 11) is 2.00. The molecule has 2 aromatic heterocycles. The Hall–Kier alpha value is -3.92. The molecule has 0 amide bonds. The third-order valence-electron chi connectivity index (χ3n) is 4.50. The van der Waals surface area contributed by atoms with Gasteiger partial charge in [0.1, 0.15) is 7.05 Å². The lowest BCUT2D eigenvalue weighted by molar-refractivity contribution is -0.671. The molecule has 4 heteroatoms. The van der Waals surface area contributed by atoms with Crippen LogP contribution in [0.5, 0.6) is 0 Å². The van der Waals surface area contributed by atoms with E-state index in [4.69, 9.17) is 0 Å². The number of aryl methyl sites for hydroxylation is 1. The molecule has 2 heterocycles. The van der Waals surface area contributed by atoms with Gasteiger partial charge in [-0.25, -0.2) is 4.57 Å². The van der Waals surface area contributed by atoms with Crippen molar-refractivity contribution in [2.45, 2.75) is 0 Å². The predicted octanol–water partition coefficient (Wildman–Crippen LogP) is 5.07. The summed E-state index contributed by atoms with van der Waals surface area (Å²) < 4.78 is 2.00. The number of aliphatic imine (C=N–C) groups is 2. The average Bonchev–Trinajstić information content (AvgIpc) is 2.79. The average molecular weight is 377 g/mol. The van der Waals surface area contributed by atoms with Crippen molar-refractivity contribution in [2.24, 2.45) is 17.0 Å². The quantitative estimate of drug-likeness (QED) is 0.353. The summed E-state index contributed by atoms with van der Waals surface area (Å²) in [5, 5.41) is 0. The lowest BCUT2D eigenvalue weighted by Crippen LogP contribution is -2.25. The first kappa shape index (κ1) is 18.4. The molecule has 2 aromatic carbocycles. The maximum Gasteiger partial charge on any atom is 0.169 e. The number of pyridine rings is 2. The van der Waals surface area contributed by atoms with Crippen LogP contribution in [0.15, 0.2) is 108 Å². The number of hydrogen-bond acceptors (Lipinski definition) is 3. The fourth-order valence-electron chi connectivity index (χ4n) is 2.83. The molecular weight excluding hydrogens is 356 g/mol. The third-order valence-corrected chi connectivity index (χ3v) is 4.50. The Labute approximate surface area is 170 Å². The highest BCUT2D eigenvalue weighted by Gasteiger charge is 1.99. The van der Waals surface area contributed by atoms with Gasteiger partial charge in [0.05, 0.1) is 11.4 Å². The van der Waals surface area contributed by atoms with E-state index in [2.05, 4.69) is 39.2 Å². The minimum Gasteiger partial charge on any atom is -0.265 e. The second-order valence-electron chi connectivity index (χ2n) is 6.69. The molecule has 0 N–H and O–H groups in total. The van der Waals surface area contributed by atoms with Crippen LogP contribution in [-0.2, 0) is 7.05 Å². The standard InChI is InChI=1S/C25H21N4/c1-29-16-12-21(13-17-29)19-28-25-8-4-23(5-9-25)22-2-6-24(7-3-22)27-18-20-10-14-26-15-11-20/h2-19H,1H3/q+1. The molecule has 0 fully saturated rings. The van der Waals surface area contributed by atoms with Crippen LogP contribution >= 0.6 is 0 Å². The first-order chi connectivity index (χ1) is 14.3. The summed E-state index contributed by atoms with van der Waals surface area (Å²) in [6.45, 7) is 0. The number of benzene rings is 2. The molecule has 0 aliphatic carbocycles. The zero-order chi connectivity index (χ0) is 19.9. The fourth-order valence-corrected chi connectivity index (χ4v) is 2.83. The molecule has 0 bridgehead atoms. The molecule has 4 nitrogen and oxygen atoms in total. The van der Waals surface area contributed by atoms with Gasteiger partial charge in [0.2, 0.25) is 0 Å². The lowest BCUT2D eigenvalue weighted by Gasteiger charge is -2.03. The summed E-state index contributed by atoms with van der Waals surface area (Å²) in [5.74, 6) is 0. The van der Waals surface area contributed by atoms with Gasteiger partial charge in [-0.15, -0.1) is 0 Å². The zero-order valence-corrected chi connectivity index (χ0v) is 16.2. The summed E-state index contributed by atoms with van der Waals surface area (Å²) in [5.41, 5.74) is 6.27. The van der Waals surface area contributed by atoms with Crippen molar-refractivity contribution in [3.05, 3.63) is 109 Å². The van der Waals surface area contributed by atoms with E-state index >= 15 is 0 Å². The van der Waals surface area contributed by atoms with Crippen LogP contribution in [0.4, 0.5) is 11.4 Å². The molecule has 140 valence electrons. The van der Waals surface area contributed by atoms with Crippen LogP contribution in [0.1, 0.15) is 11.1 Å². The van der Waals surface area contributed by atoms with Crippen molar-refractivity contribution >= 4 is 23.8 Å². The van der Waals surface area contributed by atoms with Crippen molar-refractivity contribution in [2.75, 3.05) is 0 Å². The highest BCUT2D eigenvalue weighted by molar-refractivity contribution is 5.82. The molecule has 29 heavy (non-hydrogen) atoms. The van der Waals surface area contributed by atoms with Crippen molar-refractivity contribution < 1.29 is 4.57 Å². The maximum absolute atomic E-state index is 4.55. The monoisotopic (exact) mass is 377 g/mol. The topological polar surface area (TPSA) is 41.5 Å². The lowest BCUT2D eigenvalue weighted by atomic mass is 10.1. The Bertz CT molecular complexity index is 1110. The minimum atomic E-state index is 0.919. The second-order valence-corrected chi connectivity index (χ2v) is 6.69. The molecule has 4 aromatic rings. The molecule has 4 rings (SSSR count). The van der Waals surface area contributed by atoms with Gasteiger partial charge < -0.3 is 0 Å². The summed E-state index contributed by atoms with van der Waals surface area (Å²) in [6, 6.07) is 24.4. The number of hydrogen-bond donors (Lipinski definition) is 0. The van der Waals surface area contributed by atoms with Crippen LogP contribution < -0.4 is 4.57 Å². The highest BCUT2D eigenvalue weighted by Crippen LogP contribution is 2.25. The fraction of sp³-hybridized carbons (Fsp3) is 0.0400. The largest absolute Gasteiger partial charge is 0.265 e. The van der Waals surface area contributed by atoms with Crippen LogP contribution in [0.2, 0.25) is 0 Å². The van der Waals surface area contributed by atoms with Gasteiger partial charge in [0, 0.05) is 42.5 Å². The van der Waals surface area contributed by atoms with Crippen molar-refractivity contribution in [3.63, 3.8) is 0 Å². The van der Waals surface area contributed by atoms with Crippen LogP contribution in [-0.4, -0.2) is 17.4 Å². The van der Waals surface area contributed by atoms with E-state index in [1.807, 2.05) is 85.0 Å². The molecule has 0 unspecified atom stereocenters. The van der Waals surface area contributed by atoms with E-state index in [1.165, 1.54) is 0 Å². The maximum atomic E-state index is 4.55. The number of nitrogens with zero attached hydrogens (tertiary/aromatic N) is 4. The zero-order valence-electron chi connectivity index (χ0n) is 16.2. The molecular formula is C25H21N4+. The highest BCUT2D eigenvalue weighted by atomic mass is 14.9. The van der Waals surface area contributed by atoms with Crippen molar-refractivity contribution in [1.82, 2.24) is 4.98 Å². The van der Waals surface area contributed by atoms with E-state index in [0.29, 0.717) is 0 Å². The Kier molecular flexibility index (Phi) is 5.63. The van der Waals surface area contributed by atoms with E-state index in [9.17, 15) is 0 Å². The summed E-state index contributed by atoms with van der Waals surface area (Å²) in [4.78, 5) is 13.1. The van der Waals surface area contributed by atoms with Gasteiger partial charge in [0.15, 0.2) is 12.4 Å². The molecule has 0 aliphatic heterocycles. The molecule has 0 spiro atoms.